The molecular formula is C21H15ClN2O3S. The Balaban J connectivity index is 1.79. The first-order chi connectivity index (χ1) is 13.5. The van der Waals surface area contributed by atoms with E-state index in [0.29, 0.717) is 9.92 Å². The molecule has 0 bridgehead atoms. The third-order valence-corrected chi connectivity index (χ3v) is 5.52. The van der Waals surface area contributed by atoms with Crippen molar-refractivity contribution < 1.29 is 5.11 Å². The summed E-state index contributed by atoms with van der Waals surface area (Å²) in [5, 5.41) is 11.0. The molecule has 1 N–H and O–H groups in total. The maximum atomic E-state index is 12.9. The second-order valence-electron chi connectivity index (χ2n) is 6.20. The van der Waals surface area contributed by atoms with Gasteiger partial charge in [-0.25, -0.2) is 0 Å². The number of hydrogen-bond donors (Lipinski definition) is 1. The Labute approximate surface area is 169 Å². The van der Waals surface area contributed by atoms with Crippen LogP contribution in [0.5, 0.6) is 5.75 Å². The zero-order chi connectivity index (χ0) is 19.7. The van der Waals surface area contributed by atoms with Crippen LogP contribution in [0, 0.1) is 0 Å². The molecule has 0 saturated carbocycles. The number of fused-ring (bicyclic) bond motifs is 1. The van der Waals surface area contributed by atoms with Gasteiger partial charge >= 0.3 is 0 Å². The number of benzene rings is 2. The predicted molar refractivity (Wildman–Crippen MR) is 111 cm³/mol. The summed E-state index contributed by atoms with van der Waals surface area (Å²) in [4.78, 5) is 26.7. The van der Waals surface area contributed by atoms with E-state index in [4.69, 9.17) is 11.6 Å². The van der Waals surface area contributed by atoms with Crippen molar-refractivity contribution in [2.45, 2.75) is 16.3 Å². The minimum atomic E-state index is -0.563. The quantitative estimate of drug-likeness (QED) is 0.552. The minimum Gasteiger partial charge on any atom is -0.503 e. The Morgan fingerprint density at radius 2 is 1.79 bits per heavy atom. The van der Waals surface area contributed by atoms with Crippen molar-refractivity contribution in [1.82, 2.24) is 8.97 Å². The van der Waals surface area contributed by atoms with E-state index < -0.39 is 16.7 Å². The number of nitrogens with zero attached hydrogens (tertiary/aromatic N) is 2. The van der Waals surface area contributed by atoms with Crippen LogP contribution in [0.15, 0.2) is 92.6 Å². The van der Waals surface area contributed by atoms with Gasteiger partial charge in [0.1, 0.15) is 0 Å². The van der Waals surface area contributed by atoms with Crippen LogP contribution in [0.4, 0.5) is 0 Å². The van der Waals surface area contributed by atoms with E-state index >= 15 is 0 Å². The summed E-state index contributed by atoms with van der Waals surface area (Å²) in [6.07, 6.45) is 4.84. The van der Waals surface area contributed by atoms with Crippen LogP contribution >= 0.6 is 23.4 Å². The van der Waals surface area contributed by atoms with E-state index in [1.165, 1.54) is 20.7 Å². The molecule has 0 aliphatic rings. The zero-order valence-corrected chi connectivity index (χ0v) is 16.2. The SMILES string of the molecule is O=c1c(Sc2ccccc2)cn2ccn(Cc3cccc(Cl)c3)c(=O)c2c1O. The summed E-state index contributed by atoms with van der Waals surface area (Å²) in [5.74, 6) is -0.550. The van der Waals surface area contributed by atoms with E-state index in [0.717, 1.165) is 10.5 Å². The molecule has 4 aromatic rings. The Kier molecular flexibility index (Phi) is 4.98. The molecule has 2 heterocycles. The first-order valence-corrected chi connectivity index (χ1v) is 9.67. The van der Waals surface area contributed by atoms with Gasteiger partial charge in [-0.15, -0.1) is 0 Å². The van der Waals surface area contributed by atoms with Crippen LogP contribution in [0.2, 0.25) is 5.02 Å². The van der Waals surface area contributed by atoms with Crippen LogP contribution in [-0.4, -0.2) is 14.1 Å². The fraction of sp³-hybridized carbons (Fsp3) is 0.0476. The normalized spacial score (nSPS) is 11.0. The lowest BCUT2D eigenvalue weighted by atomic mass is 10.2. The fourth-order valence-electron chi connectivity index (χ4n) is 2.93. The van der Waals surface area contributed by atoms with Gasteiger partial charge in [-0.05, 0) is 29.8 Å². The molecule has 2 aromatic carbocycles. The number of halogens is 1. The maximum Gasteiger partial charge on any atom is 0.279 e. The molecule has 28 heavy (non-hydrogen) atoms. The molecule has 0 amide bonds. The van der Waals surface area contributed by atoms with Gasteiger partial charge in [0, 0.05) is 28.5 Å². The monoisotopic (exact) mass is 410 g/mol. The number of aromatic nitrogens is 2. The second kappa shape index (κ2) is 7.58. The standard InChI is InChI=1S/C21H15ClN2O3S/c22-15-6-4-5-14(11-15)12-24-10-9-23-13-17(28-16-7-2-1-3-8-16)19(25)20(26)18(23)21(24)27/h1-11,13,26H,12H2. The van der Waals surface area contributed by atoms with E-state index in [2.05, 4.69) is 0 Å². The molecule has 2 aromatic heterocycles. The van der Waals surface area contributed by atoms with Gasteiger partial charge < -0.3 is 14.1 Å². The molecule has 7 heteroatoms. The van der Waals surface area contributed by atoms with Crippen molar-refractivity contribution in [1.29, 1.82) is 0 Å². The number of hydrogen-bond acceptors (Lipinski definition) is 4. The number of pyridine rings is 1. The Morgan fingerprint density at radius 1 is 1.00 bits per heavy atom. The van der Waals surface area contributed by atoms with E-state index in [1.807, 2.05) is 36.4 Å². The fourth-order valence-corrected chi connectivity index (χ4v) is 4.04. The average molecular weight is 411 g/mol. The Bertz CT molecular complexity index is 1280. The molecule has 0 fully saturated rings. The highest BCUT2D eigenvalue weighted by Crippen LogP contribution is 2.26. The van der Waals surface area contributed by atoms with Gasteiger partial charge in [0.15, 0.2) is 11.3 Å². The molecule has 0 aliphatic carbocycles. The van der Waals surface area contributed by atoms with Crippen molar-refractivity contribution in [2.75, 3.05) is 0 Å². The van der Waals surface area contributed by atoms with E-state index in [-0.39, 0.29) is 12.1 Å². The van der Waals surface area contributed by atoms with Gasteiger partial charge in [-0.1, -0.05) is 53.7 Å². The highest BCUT2D eigenvalue weighted by Gasteiger charge is 2.15. The number of rotatable bonds is 4. The summed E-state index contributed by atoms with van der Waals surface area (Å²) in [5.41, 5.74) is -0.219. The van der Waals surface area contributed by atoms with Crippen molar-refractivity contribution in [3.63, 3.8) is 0 Å². The first kappa shape index (κ1) is 18.4. The van der Waals surface area contributed by atoms with Gasteiger partial charge in [-0.3, -0.25) is 9.59 Å². The number of aromatic hydroxyl groups is 1. The average Bonchev–Trinajstić information content (AvgIpc) is 2.69. The lowest BCUT2D eigenvalue weighted by Gasteiger charge is -2.11. The van der Waals surface area contributed by atoms with E-state index in [1.54, 1.807) is 36.8 Å². The molecule has 0 saturated heterocycles. The predicted octanol–water partition coefficient (Wildman–Crippen LogP) is 4.02. The Morgan fingerprint density at radius 3 is 2.54 bits per heavy atom. The van der Waals surface area contributed by atoms with Crippen LogP contribution in [0.25, 0.3) is 5.52 Å². The molecule has 0 atom stereocenters. The van der Waals surface area contributed by atoms with Crippen LogP contribution in [0.1, 0.15) is 5.56 Å². The topological polar surface area (TPSA) is 63.7 Å². The summed E-state index contributed by atoms with van der Waals surface area (Å²) >= 11 is 7.24. The highest BCUT2D eigenvalue weighted by molar-refractivity contribution is 7.99. The zero-order valence-electron chi connectivity index (χ0n) is 14.6. The molecule has 0 spiro atoms. The lowest BCUT2D eigenvalue weighted by molar-refractivity contribution is 0.469. The Hall–Kier alpha value is -2.96. The molecule has 0 radical (unpaired) electrons. The van der Waals surface area contributed by atoms with Crippen LogP contribution in [0.3, 0.4) is 0 Å². The summed E-state index contributed by atoms with van der Waals surface area (Å²) in [6, 6.07) is 16.6. The highest BCUT2D eigenvalue weighted by atomic mass is 35.5. The van der Waals surface area contributed by atoms with E-state index in [9.17, 15) is 14.7 Å². The maximum absolute atomic E-state index is 12.9. The smallest absolute Gasteiger partial charge is 0.279 e. The first-order valence-electron chi connectivity index (χ1n) is 8.47. The van der Waals surface area contributed by atoms with Gasteiger partial charge in [0.2, 0.25) is 5.43 Å². The van der Waals surface area contributed by atoms with Crippen molar-refractivity contribution in [3.8, 4) is 5.75 Å². The second-order valence-corrected chi connectivity index (χ2v) is 7.75. The van der Waals surface area contributed by atoms with Gasteiger partial charge in [0.25, 0.3) is 5.56 Å². The van der Waals surface area contributed by atoms with Crippen molar-refractivity contribution >= 4 is 28.9 Å². The summed E-state index contributed by atoms with van der Waals surface area (Å²) in [7, 11) is 0. The van der Waals surface area contributed by atoms with Crippen LogP contribution < -0.4 is 11.0 Å². The molecule has 0 unspecified atom stereocenters. The van der Waals surface area contributed by atoms with Crippen molar-refractivity contribution in [3.05, 3.63) is 104 Å². The molecule has 4 rings (SSSR count). The summed E-state index contributed by atoms with van der Waals surface area (Å²) in [6.45, 7) is 0.282. The summed E-state index contributed by atoms with van der Waals surface area (Å²) < 4.78 is 2.92. The molecule has 0 aliphatic heterocycles. The molecule has 5 nitrogen and oxygen atoms in total. The van der Waals surface area contributed by atoms with Crippen molar-refractivity contribution in [2.24, 2.45) is 0 Å². The molecule has 140 valence electrons. The largest absolute Gasteiger partial charge is 0.503 e. The van der Waals surface area contributed by atoms with Gasteiger partial charge in [0.05, 0.1) is 11.4 Å². The van der Waals surface area contributed by atoms with Gasteiger partial charge in [-0.2, -0.15) is 0 Å². The lowest BCUT2D eigenvalue weighted by Crippen LogP contribution is -2.24. The third-order valence-electron chi connectivity index (χ3n) is 4.26. The third kappa shape index (κ3) is 3.56. The molecular weight excluding hydrogens is 396 g/mol. The van der Waals surface area contributed by atoms with Crippen LogP contribution in [-0.2, 0) is 6.54 Å². The minimum absolute atomic E-state index is 0.0491.